The van der Waals surface area contributed by atoms with Crippen molar-refractivity contribution in [2.24, 2.45) is 5.92 Å². The van der Waals surface area contributed by atoms with Crippen molar-refractivity contribution in [1.29, 1.82) is 0 Å². The van der Waals surface area contributed by atoms with Crippen molar-refractivity contribution in [2.75, 3.05) is 0 Å². The number of nitrogens with zero attached hydrogens (tertiary/aromatic N) is 1. The second-order valence-corrected chi connectivity index (χ2v) is 9.47. The molecule has 1 saturated heterocycles. The number of hydrogen-bond donors (Lipinski definition) is 1. The van der Waals surface area contributed by atoms with E-state index in [4.69, 9.17) is 4.74 Å². The second-order valence-electron chi connectivity index (χ2n) is 9.47. The van der Waals surface area contributed by atoms with E-state index in [1.165, 1.54) is 5.56 Å². The van der Waals surface area contributed by atoms with Gasteiger partial charge in [-0.3, -0.25) is 9.69 Å². The lowest BCUT2D eigenvalue weighted by Crippen LogP contribution is -2.47. The summed E-state index contributed by atoms with van der Waals surface area (Å²) in [7, 11) is 0. The number of carbonyl (C=O) groups excluding carboxylic acids is 1. The average Bonchev–Trinajstić information content (AvgIpc) is 3.21. The molecule has 1 unspecified atom stereocenters. The van der Waals surface area contributed by atoms with E-state index in [0.29, 0.717) is 25.5 Å². The second kappa shape index (κ2) is 9.50. The predicted molar refractivity (Wildman–Crippen MR) is 128 cm³/mol. The van der Waals surface area contributed by atoms with Crippen LogP contribution in [0.25, 0.3) is 0 Å². The molecule has 4 nitrogen and oxygen atoms in total. The minimum absolute atomic E-state index is 0.137. The molecule has 4 heteroatoms. The van der Waals surface area contributed by atoms with Crippen LogP contribution in [-0.4, -0.2) is 28.1 Å². The predicted octanol–water partition coefficient (Wildman–Crippen LogP) is 5.06. The molecule has 33 heavy (non-hydrogen) atoms. The topological polar surface area (TPSA) is 49.8 Å². The van der Waals surface area contributed by atoms with Crippen molar-refractivity contribution in [3.05, 3.63) is 108 Å². The molecule has 3 aromatic rings. The molecule has 1 aliphatic carbocycles. The Morgan fingerprint density at radius 2 is 1.52 bits per heavy atom. The van der Waals surface area contributed by atoms with Gasteiger partial charge in [-0.15, -0.1) is 0 Å². The van der Waals surface area contributed by atoms with E-state index in [2.05, 4.69) is 17.0 Å². The fourth-order valence-electron chi connectivity index (χ4n) is 5.64. The normalized spacial score (nSPS) is 27.1. The van der Waals surface area contributed by atoms with Crippen molar-refractivity contribution in [2.45, 2.75) is 56.5 Å². The molecule has 1 saturated carbocycles. The van der Waals surface area contributed by atoms with Crippen LogP contribution in [0, 0.1) is 5.92 Å². The van der Waals surface area contributed by atoms with Gasteiger partial charge in [-0.2, -0.15) is 0 Å². The third-order valence-electron chi connectivity index (χ3n) is 7.39. The molecule has 1 N–H and O–H groups in total. The number of benzene rings is 3. The lowest BCUT2D eigenvalue weighted by atomic mass is 9.72. The Labute approximate surface area is 195 Å². The highest BCUT2D eigenvalue weighted by atomic mass is 16.5. The lowest BCUT2D eigenvalue weighted by molar-refractivity contribution is -0.151. The Morgan fingerprint density at radius 3 is 2.18 bits per heavy atom. The number of fused-ring (bicyclic) bond motifs is 1. The maximum atomic E-state index is 13.3. The highest BCUT2D eigenvalue weighted by Crippen LogP contribution is 2.48. The molecule has 4 atom stereocenters. The number of hydrogen-bond acceptors (Lipinski definition) is 4. The molecule has 1 heterocycles. The summed E-state index contributed by atoms with van der Waals surface area (Å²) in [6.07, 6.45) is 3.06. The zero-order valence-corrected chi connectivity index (χ0v) is 18.8. The number of rotatable bonds is 6. The van der Waals surface area contributed by atoms with Crippen LogP contribution in [0.4, 0.5) is 0 Å². The Hall–Kier alpha value is -2.95. The van der Waals surface area contributed by atoms with E-state index in [9.17, 15) is 9.90 Å². The fraction of sp³-hybridized carbons (Fsp3) is 0.345. The van der Waals surface area contributed by atoms with Crippen LogP contribution in [0.1, 0.15) is 42.4 Å². The van der Waals surface area contributed by atoms with E-state index in [1.807, 2.05) is 78.9 Å². The molecular weight excluding hydrogens is 410 g/mol. The first kappa shape index (κ1) is 21.9. The Kier molecular flexibility index (Phi) is 6.30. The van der Waals surface area contributed by atoms with Gasteiger partial charge in [0.05, 0.1) is 5.60 Å². The smallest absolute Gasteiger partial charge is 0.323 e. The Bertz CT molecular complexity index is 1060. The van der Waals surface area contributed by atoms with Gasteiger partial charge >= 0.3 is 5.97 Å². The third kappa shape index (κ3) is 4.73. The summed E-state index contributed by atoms with van der Waals surface area (Å²) in [5.74, 6) is 0.222. The van der Waals surface area contributed by atoms with Crippen molar-refractivity contribution in [1.82, 2.24) is 4.90 Å². The molecule has 0 bridgehead atoms. The first-order chi connectivity index (χ1) is 16.1. The highest BCUT2D eigenvalue weighted by Gasteiger charge is 2.51. The molecule has 0 amide bonds. The molecule has 3 aromatic carbocycles. The number of carbonyl (C=O) groups is 1. The van der Waals surface area contributed by atoms with Crippen LogP contribution in [0.2, 0.25) is 0 Å². The number of ether oxygens (including phenoxy) is 1. The molecule has 1 aliphatic heterocycles. The summed E-state index contributed by atoms with van der Waals surface area (Å²) in [6, 6.07) is 29.9. The van der Waals surface area contributed by atoms with Crippen LogP contribution in [0.5, 0.6) is 0 Å². The highest BCUT2D eigenvalue weighted by molar-refractivity contribution is 5.76. The minimum Gasteiger partial charge on any atom is -0.460 e. The molecule has 0 aromatic heterocycles. The van der Waals surface area contributed by atoms with Gasteiger partial charge in [0.25, 0.3) is 0 Å². The van der Waals surface area contributed by atoms with E-state index in [1.54, 1.807) is 0 Å². The molecule has 5 rings (SSSR count). The summed E-state index contributed by atoms with van der Waals surface area (Å²) < 4.78 is 5.78. The molecule has 2 fully saturated rings. The van der Waals surface area contributed by atoms with Crippen LogP contribution >= 0.6 is 0 Å². The lowest BCUT2D eigenvalue weighted by Gasteiger charge is -2.42. The van der Waals surface area contributed by atoms with Gasteiger partial charge in [0, 0.05) is 12.6 Å². The van der Waals surface area contributed by atoms with Crippen molar-refractivity contribution in [3.8, 4) is 0 Å². The zero-order valence-electron chi connectivity index (χ0n) is 18.8. The Morgan fingerprint density at radius 1 is 0.909 bits per heavy atom. The number of likely N-dealkylation sites (tertiary alicyclic amines) is 1. The molecule has 0 spiro atoms. The number of esters is 1. The van der Waals surface area contributed by atoms with Crippen LogP contribution in [0.3, 0.4) is 0 Å². The third-order valence-corrected chi connectivity index (χ3v) is 7.39. The molecule has 2 aliphatic rings. The van der Waals surface area contributed by atoms with E-state index in [-0.39, 0.29) is 18.1 Å². The quantitative estimate of drug-likeness (QED) is 0.543. The summed E-state index contributed by atoms with van der Waals surface area (Å²) in [6.45, 7) is 0.969. The minimum atomic E-state index is -0.861. The van der Waals surface area contributed by atoms with Crippen molar-refractivity contribution in [3.63, 3.8) is 0 Å². The van der Waals surface area contributed by atoms with Gasteiger partial charge in [0.2, 0.25) is 0 Å². The van der Waals surface area contributed by atoms with Crippen molar-refractivity contribution < 1.29 is 14.6 Å². The van der Waals surface area contributed by atoms with Gasteiger partial charge < -0.3 is 9.84 Å². The van der Waals surface area contributed by atoms with Gasteiger partial charge in [0.15, 0.2) is 0 Å². The fourth-order valence-corrected chi connectivity index (χ4v) is 5.64. The molecular formula is C29H31NO3. The van der Waals surface area contributed by atoms with Gasteiger partial charge in [-0.05, 0) is 48.3 Å². The summed E-state index contributed by atoms with van der Waals surface area (Å²) in [5, 5.41) is 11.6. The van der Waals surface area contributed by atoms with Gasteiger partial charge in [-0.25, -0.2) is 0 Å². The van der Waals surface area contributed by atoms with Gasteiger partial charge in [-0.1, -0.05) is 91.0 Å². The number of aliphatic hydroxyl groups is 1. The largest absolute Gasteiger partial charge is 0.460 e. The molecule has 170 valence electrons. The summed E-state index contributed by atoms with van der Waals surface area (Å²) in [4.78, 5) is 15.6. The Balaban J connectivity index is 1.38. The van der Waals surface area contributed by atoms with E-state index in [0.717, 1.165) is 30.4 Å². The van der Waals surface area contributed by atoms with Gasteiger partial charge in [0.1, 0.15) is 12.6 Å². The standard InChI is InChI=1S/C29H31NO3/c31-28(33-21-23-12-6-2-7-13-23)26-18-24-16-17-29(32,25-14-8-3-9-15-25)19-27(24)30(26)20-22-10-4-1-5-11-22/h1-15,24,26-27,32H,16-21H2/t24-,26+,27-,29?/m1/s1. The summed E-state index contributed by atoms with van der Waals surface area (Å²) in [5.41, 5.74) is 2.28. The first-order valence-corrected chi connectivity index (χ1v) is 11.9. The van der Waals surface area contributed by atoms with E-state index >= 15 is 0 Å². The monoisotopic (exact) mass is 441 g/mol. The SMILES string of the molecule is O=C(OCc1ccccc1)[C@@H]1C[C@H]2CCC(O)(c3ccccc3)C[C@H]2N1Cc1ccccc1. The first-order valence-electron chi connectivity index (χ1n) is 11.9. The van der Waals surface area contributed by atoms with Crippen LogP contribution in [0.15, 0.2) is 91.0 Å². The van der Waals surface area contributed by atoms with E-state index < -0.39 is 5.60 Å². The summed E-state index contributed by atoms with van der Waals surface area (Å²) >= 11 is 0. The molecule has 0 radical (unpaired) electrons. The maximum Gasteiger partial charge on any atom is 0.323 e. The maximum absolute atomic E-state index is 13.3. The van der Waals surface area contributed by atoms with Crippen molar-refractivity contribution >= 4 is 5.97 Å². The van der Waals surface area contributed by atoms with Crippen LogP contribution < -0.4 is 0 Å². The van der Waals surface area contributed by atoms with Crippen LogP contribution in [-0.2, 0) is 28.3 Å². The average molecular weight is 442 g/mol. The zero-order chi connectivity index (χ0) is 22.7.